The molecular formula is C30H36F4N4O5. The van der Waals surface area contributed by atoms with E-state index < -0.39 is 22.4 Å². The van der Waals surface area contributed by atoms with Crippen molar-refractivity contribution >= 4 is 17.3 Å². The quantitative estimate of drug-likeness (QED) is 0.235. The smallest absolute Gasteiger partial charge is 0.423 e. The maximum atomic E-state index is 13.6. The van der Waals surface area contributed by atoms with E-state index in [1.165, 1.54) is 18.2 Å². The van der Waals surface area contributed by atoms with Gasteiger partial charge in [-0.2, -0.15) is 13.2 Å². The number of anilines is 1. The molecular weight excluding hydrogens is 572 g/mol. The minimum atomic E-state index is -4.83. The number of fused-ring (bicyclic) bond motifs is 1. The number of nitrogens with zero attached hydrogens (tertiary/aromatic N) is 4. The first-order valence-corrected chi connectivity index (χ1v) is 14.6. The zero-order valence-corrected chi connectivity index (χ0v) is 24.2. The summed E-state index contributed by atoms with van der Waals surface area (Å²) in [5, 5.41) is 11.1. The lowest BCUT2D eigenvalue weighted by Crippen LogP contribution is -2.55. The molecule has 43 heavy (non-hydrogen) atoms. The number of halogens is 4. The Kier molecular flexibility index (Phi) is 9.12. The number of benzene rings is 2. The predicted octanol–water partition coefficient (Wildman–Crippen LogP) is 5.05. The number of nitro groups is 1. The van der Waals surface area contributed by atoms with Gasteiger partial charge >= 0.3 is 6.18 Å². The van der Waals surface area contributed by atoms with Crippen LogP contribution in [0.15, 0.2) is 36.4 Å². The molecule has 2 heterocycles. The van der Waals surface area contributed by atoms with Gasteiger partial charge in [0.2, 0.25) is 5.91 Å². The molecule has 1 aliphatic carbocycles. The van der Waals surface area contributed by atoms with Crippen LogP contribution in [-0.2, 0) is 22.1 Å². The van der Waals surface area contributed by atoms with Crippen LogP contribution in [0.4, 0.5) is 28.9 Å². The van der Waals surface area contributed by atoms with Crippen LogP contribution in [0.5, 0.6) is 5.75 Å². The first-order valence-electron chi connectivity index (χ1n) is 14.6. The van der Waals surface area contributed by atoms with Gasteiger partial charge < -0.3 is 19.3 Å². The fourth-order valence-electron chi connectivity index (χ4n) is 6.35. The van der Waals surface area contributed by atoms with E-state index >= 15 is 0 Å². The van der Waals surface area contributed by atoms with Gasteiger partial charge in [-0.25, -0.2) is 4.39 Å². The zero-order valence-electron chi connectivity index (χ0n) is 24.2. The summed E-state index contributed by atoms with van der Waals surface area (Å²) in [6, 6.07) is 7.74. The maximum Gasteiger partial charge on any atom is 0.423 e. The van der Waals surface area contributed by atoms with E-state index in [2.05, 4.69) is 11.8 Å². The molecule has 13 heteroatoms. The molecule has 0 bridgehead atoms. The van der Waals surface area contributed by atoms with E-state index in [1.54, 1.807) is 22.9 Å². The Morgan fingerprint density at radius 1 is 1.12 bits per heavy atom. The van der Waals surface area contributed by atoms with Crippen LogP contribution in [0, 0.1) is 15.9 Å². The van der Waals surface area contributed by atoms with Gasteiger partial charge in [0.05, 0.1) is 11.0 Å². The van der Waals surface area contributed by atoms with Gasteiger partial charge in [-0.15, -0.1) is 0 Å². The molecule has 9 nitrogen and oxygen atoms in total. The third-order valence-corrected chi connectivity index (χ3v) is 9.03. The second kappa shape index (κ2) is 12.7. The van der Waals surface area contributed by atoms with Gasteiger partial charge in [-0.3, -0.25) is 19.8 Å². The number of hydrogen-bond acceptors (Lipinski definition) is 7. The molecule has 234 valence electrons. The average Bonchev–Trinajstić information content (AvgIpc) is 3.42. The van der Waals surface area contributed by atoms with Crippen molar-refractivity contribution in [2.75, 3.05) is 44.7 Å². The Morgan fingerprint density at radius 3 is 2.47 bits per heavy atom. The Hall–Kier alpha value is -3.45. The molecule has 0 spiro atoms. The molecule has 2 unspecified atom stereocenters. The molecule has 1 saturated carbocycles. The standard InChI is InChI=1S/C30H36F4N4O5/c1-19(28-16-20-15-21(31)3-10-27(20)43-28)36-11-13-37(14-12-36)29(39)18-42-24-7-4-22(5-8-24)35(2)23-6-9-26(38(40)41)25(17-23)30(32,33)34/h3,6,9-10,15,17,19,22,24,28H,4-5,7-8,11-14,16,18H2,1-2H3. The molecule has 0 radical (unpaired) electrons. The molecule has 0 N–H and O–H groups in total. The van der Waals surface area contributed by atoms with Crippen molar-refractivity contribution in [3.63, 3.8) is 0 Å². The zero-order chi connectivity index (χ0) is 30.9. The van der Waals surface area contributed by atoms with Crippen LogP contribution < -0.4 is 9.64 Å². The maximum absolute atomic E-state index is 13.6. The number of amides is 1. The van der Waals surface area contributed by atoms with Gasteiger partial charge in [-0.1, -0.05) is 0 Å². The first kappa shape index (κ1) is 31.0. The van der Waals surface area contributed by atoms with Crippen molar-refractivity contribution in [1.82, 2.24) is 9.80 Å². The Balaban J connectivity index is 1.04. The summed E-state index contributed by atoms with van der Waals surface area (Å²) in [6.07, 6.45) is -1.75. The van der Waals surface area contributed by atoms with E-state index in [9.17, 15) is 32.5 Å². The van der Waals surface area contributed by atoms with Crippen LogP contribution in [0.3, 0.4) is 0 Å². The number of ether oxygens (including phenoxy) is 2. The average molecular weight is 609 g/mol. The van der Waals surface area contributed by atoms with Crippen molar-refractivity contribution in [3.8, 4) is 5.75 Å². The molecule has 1 saturated heterocycles. The summed E-state index contributed by atoms with van der Waals surface area (Å²) in [6.45, 7) is 4.63. The van der Waals surface area contributed by atoms with Crippen molar-refractivity contribution < 1.29 is 36.8 Å². The molecule has 2 fully saturated rings. The van der Waals surface area contributed by atoms with Gasteiger partial charge in [0.1, 0.15) is 29.8 Å². The summed E-state index contributed by atoms with van der Waals surface area (Å²) < 4.78 is 65.8. The lowest BCUT2D eigenvalue weighted by molar-refractivity contribution is -0.388. The van der Waals surface area contributed by atoms with Crippen LogP contribution in [-0.4, -0.2) is 84.8 Å². The summed E-state index contributed by atoms with van der Waals surface area (Å²) in [4.78, 5) is 28.7. The number of rotatable bonds is 8. The number of hydrogen-bond donors (Lipinski definition) is 0. The third-order valence-electron chi connectivity index (χ3n) is 9.03. The molecule has 2 aliphatic heterocycles. The largest absolute Gasteiger partial charge is 0.488 e. The molecule has 2 aromatic carbocycles. The second-order valence-corrected chi connectivity index (χ2v) is 11.6. The van der Waals surface area contributed by atoms with Crippen molar-refractivity contribution in [3.05, 3.63) is 63.5 Å². The van der Waals surface area contributed by atoms with Gasteiger partial charge in [0.15, 0.2) is 0 Å². The van der Waals surface area contributed by atoms with Crippen molar-refractivity contribution in [2.45, 2.75) is 69.5 Å². The first-order chi connectivity index (χ1) is 20.4. The fourth-order valence-corrected chi connectivity index (χ4v) is 6.35. The van der Waals surface area contributed by atoms with Gasteiger partial charge in [0, 0.05) is 69.0 Å². The van der Waals surface area contributed by atoms with E-state index in [-0.39, 0.29) is 48.3 Å². The van der Waals surface area contributed by atoms with Crippen molar-refractivity contribution in [1.29, 1.82) is 0 Å². The molecule has 2 aromatic rings. The number of piperazine rings is 1. The highest BCUT2D eigenvalue weighted by Gasteiger charge is 2.39. The van der Waals surface area contributed by atoms with Crippen LogP contribution in [0.2, 0.25) is 0 Å². The Labute approximate surface area is 247 Å². The van der Waals surface area contributed by atoms with Crippen LogP contribution in [0.1, 0.15) is 43.7 Å². The molecule has 3 aliphatic rings. The lowest BCUT2D eigenvalue weighted by atomic mass is 9.91. The minimum absolute atomic E-state index is 0.0232. The predicted molar refractivity (Wildman–Crippen MR) is 151 cm³/mol. The van der Waals surface area contributed by atoms with Gasteiger partial charge in [0.25, 0.3) is 5.69 Å². The second-order valence-electron chi connectivity index (χ2n) is 11.6. The van der Waals surface area contributed by atoms with Gasteiger partial charge in [-0.05, 0) is 62.9 Å². The number of carbonyl (C=O) groups is 1. The number of carbonyl (C=O) groups excluding carboxylic acids is 1. The summed E-state index contributed by atoms with van der Waals surface area (Å²) in [7, 11) is 1.69. The van der Waals surface area contributed by atoms with E-state index in [1.807, 2.05) is 0 Å². The molecule has 0 aromatic heterocycles. The summed E-state index contributed by atoms with van der Waals surface area (Å²) >= 11 is 0. The number of nitro benzene ring substituents is 1. The summed E-state index contributed by atoms with van der Waals surface area (Å²) in [5.41, 5.74) is -1.08. The van der Waals surface area contributed by atoms with Crippen molar-refractivity contribution in [2.24, 2.45) is 0 Å². The monoisotopic (exact) mass is 608 g/mol. The van der Waals surface area contributed by atoms with Crippen LogP contribution in [0.25, 0.3) is 0 Å². The Bertz CT molecular complexity index is 1330. The SMILES string of the molecule is CC(C1Cc2cc(F)ccc2O1)N1CCN(C(=O)COC2CCC(N(C)c3ccc([N+](=O)[O-])c(C(F)(F)F)c3)CC2)CC1. The Morgan fingerprint density at radius 2 is 1.81 bits per heavy atom. The van der Waals surface area contributed by atoms with E-state index in [0.29, 0.717) is 58.3 Å². The highest BCUT2D eigenvalue weighted by Crippen LogP contribution is 2.39. The normalized spacial score (nSPS) is 23.4. The van der Waals surface area contributed by atoms with Crippen LogP contribution >= 0.6 is 0 Å². The third kappa shape index (κ3) is 7.04. The lowest BCUT2D eigenvalue weighted by Gasteiger charge is -2.40. The highest BCUT2D eigenvalue weighted by molar-refractivity contribution is 5.77. The topological polar surface area (TPSA) is 88.4 Å². The number of alkyl halides is 3. The van der Waals surface area contributed by atoms with E-state index in [4.69, 9.17) is 9.47 Å². The molecule has 1 amide bonds. The highest BCUT2D eigenvalue weighted by atomic mass is 19.4. The molecule has 2 atom stereocenters. The minimum Gasteiger partial charge on any atom is -0.488 e. The summed E-state index contributed by atoms with van der Waals surface area (Å²) in [5.74, 6) is 0.388. The fraction of sp³-hybridized carbons (Fsp3) is 0.567. The molecule has 5 rings (SSSR count). The van der Waals surface area contributed by atoms with E-state index in [0.717, 1.165) is 23.4 Å².